The van der Waals surface area contributed by atoms with Crippen LogP contribution in [0.25, 0.3) is 0 Å². The van der Waals surface area contributed by atoms with Gasteiger partial charge in [-0.15, -0.1) is 5.10 Å². The molecule has 0 radical (unpaired) electrons. The molecular formula is C20H18FN5O2S. The fourth-order valence-corrected chi connectivity index (χ4v) is 3.76. The van der Waals surface area contributed by atoms with Crippen LogP contribution in [0.2, 0.25) is 0 Å². The summed E-state index contributed by atoms with van der Waals surface area (Å²) in [5, 5.41) is 10.0. The molecule has 7 nitrogen and oxygen atoms in total. The van der Waals surface area contributed by atoms with Gasteiger partial charge in [-0.05, 0) is 30.2 Å². The summed E-state index contributed by atoms with van der Waals surface area (Å²) in [6.07, 6.45) is -0.168. The summed E-state index contributed by atoms with van der Waals surface area (Å²) in [6.45, 7) is 1.76. The fraction of sp³-hybridized carbons (Fsp3) is 0.200. The molecule has 2 N–H and O–H groups in total. The molecule has 0 spiro atoms. The van der Waals surface area contributed by atoms with Gasteiger partial charge in [0.25, 0.3) is 5.91 Å². The van der Waals surface area contributed by atoms with Gasteiger partial charge in [0.05, 0.1) is 12.1 Å². The van der Waals surface area contributed by atoms with Gasteiger partial charge in [-0.1, -0.05) is 48.2 Å². The number of nitrogens with one attached hydrogen (secondary N) is 2. The molecule has 148 valence electrons. The second kappa shape index (κ2) is 8.04. The molecule has 1 aliphatic rings. The zero-order valence-electron chi connectivity index (χ0n) is 15.6. The molecule has 3 aromatic rings. The zero-order chi connectivity index (χ0) is 20.4. The Labute approximate surface area is 170 Å². The molecular weight excluding hydrogens is 393 g/mol. The maximum Gasteiger partial charge on any atom is 0.252 e. The number of aryl methyl sites for hydroxylation is 1. The topological polar surface area (TPSA) is 88.9 Å². The number of hydrogen-bond acceptors (Lipinski definition) is 5. The average Bonchev–Trinajstić information content (AvgIpc) is 3.21. The number of carbonyl (C=O) groups excluding carboxylic acids is 2. The molecule has 0 fully saturated rings. The van der Waals surface area contributed by atoms with Crippen LogP contribution in [0.4, 0.5) is 16.0 Å². The van der Waals surface area contributed by atoms with Crippen LogP contribution in [0, 0.1) is 12.7 Å². The van der Waals surface area contributed by atoms with Crippen LogP contribution in [-0.2, 0) is 15.3 Å². The van der Waals surface area contributed by atoms with Crippen molar-refractivity contribution in [2.24, 2.45) is 0 Å². The first-order valence-corrected chi connectivity index (χ1v) is 9.98. The van der Waals surface area contributed by atoms with Crippen molar-refractivity contribution >= 4 is 35.2 Å². The number of amides is 2. The predicted molar refractivity (Wildman–Crippen MR) is 108 cm³/mol. The Kier molecular flexibility index (Phi) is 5.30. The summed E-state index contributed by atoms with van der Waals surface area (Å²) in [5.74, 6) is -0.357. The minimum atomic E-state index is -0.822. The Bertz CT molecular complexity index is 1070. The molecule has 1 unspecified atom stereocenters. The largest absolute Gasteiger partial charge is 0.324 e. The van der Waals surface area contributed by atoms with E-state index < -0.39 is 17.8 Å². The molecule has 0 saturated carbocycles. The summed E-state index contributed by atoms with van der Waals surface area (Å²) >= 11 is 1.44. The highest BCUT2D eigenvalue weighted by molar-refractivity contribution is 7.98. The Balaban J connectivity index is 1.42. The predicted octanol–water partition coefficient (Wildman–Crippen LogP) is 3.54. The molecule has 29 heavy (non-hydrogen) atoms. The lowest BCUT2D eigenvalue weighted by molar-refractivity contribution is -0.123. The third kappa shape index (κ3) is 4.29. The Morgan fingerprint density at radius 2 is 2.07 bits per heavy atom. The SMILES string of the molecule is Cc1ccc(NC(=O)CC2C(=O)Nc3nc(SCc4ccccc4)nn32)c(F)c1. The molecule has 2 heterocycles. The van der Waals surface area contributed by atoms with E-state index in [1.807, 2.05) is 30.3 Å². The third-order valence-electron chi connectivity index (χ3n) is 4.43. The van der Waals surface area contributed by atoms with Crippen LogP contribution in [0.5, 0.6) is 0 Å². The van der Waals surface area contributed by atoms with E-state index in [-0.39, 0.29) is 18.0 Å². The zero-order valence-corrected chi connectivity index (χ0v) is 16.4. The van der Waals surface area contributed by atoms with Crippen molar-refractivity contribution < 1.29 is 14.0 Å². The molecule has 0 aliphatic carbocycles. The van der Waals surface area contributed by atoms with Gasteiger partial charge in [-0.3, -0.25) is 14.9 Å². The number of aromatic nitrogens is 3. The molecule has 0 saturated heterocycles. The molecule has 1 aromatic heterocycles. The highest BCUT2D eigenvalue weighted by Crippen LogP contribution is 2.29. The highest BCUT2D eigenvalue weighted by Gasteiger charge is 2.35. The first-order chi connectivity index (χ1) is 14.0. The van der Waals surface area contributed by atoms with Crippen molar-refractivity contribution in [2.75, 3.05) is 10.6 Å². The van der Waals surface area contributed by atoms with Crippen molar-refractivity contribution in [1.82, 2.24) is 14.8 Å². The number of anilines is 2. The van der Waals surface area contributed by atoms with E-state index in [1.165, 1.54) is 28.6 Å². The molecule has 2 amide bonds. The number of carbonyl (C=O) groups is 2. The Hall–Kier alpha value is -3.20. The van der Waals surface area contributed by atoms with Crippen molar-refractivity contribution in [1.29, 1.82) is 0 Å². The van der Waals surface area contributed by atoms with E-state index in [0.29, 0.717) is 16.9 Å². The molecule has 9 heteroatoms. The van der Waals surface area contributed by atoms with Crippen LogP contribution in [-0.4, -0.2) is 26.6 Å². The number of thioether (sulfide) groups is 1. The third-order valence-corrected chi connectivity index (χ3v) is 5.34. The minimum absolute atomic E-state index is 0.0805. The lowest BCUT2D eigenvalue weighted by atomic mass is 10.2. The van der Waals surface area contributed by atoms with Gasteiger partial charge in [0.1, 0.15) is 11.9 Å². The number of halogens is 1. The monoisotopic (exact) mass is 411 g/mol. The summed E-state index contributed by atoms with van der Waals surface area (Å²) in [5.41, 5.74) is 1.97. The van der Waals surface area contributed by atoms with Crippen LogP contribution in [0.15, 0.2) is 53.7 Å². The van der Waals surface area contributed by atoms with Crippen LogP contribution in [0.1, 0.15) is 23.6 Å². The summed E-state index contributed by atoms with van der Waals surface area (Å²) in [6, 6.07) is 13.6. The number of rotatable bonds is 6. The van der Waals surface area contributed by atoms with Gasteiger partial charge in [0.2, 0.25) is 17.0 Å². The first kappa shape index (κ1) is 19.1. The van der Waals surface area contributed by atoms with Crippen LogP contribution >= 0.6 is 11.8 Å². The van der Waals surface area contributed by atoms with Crippen molar-refractivity contribution in [3.8, 4) is 0 Å². The van der Waals surface area contributed by atoms with Crippen molar-refractivity contribution in [3.05, 3.63) is 65.5 Å². The smallest absolute Gasteiger partial charge is 0.252 e. The van der Waals surface area contributed by atoms with Gasteiger partial charge in [-0.2, -0.15) is 4.98 Å². The van der Waals surface area contributed by atoms with Gasteiger partial charge in [0.15, 0.2) is 0 Å². The number of fused-ring (bicyclic) bond motifs is 1. The van der Waals surface area contributed by atoms with Crippen molar-refractivity contribution in [2.45, 2.75) is 30.3 Å². The summed E-state index contributed by atoms with van der Waals surface area (Å²) in [7, 11) is 0. The van der Waals surface area contributed by atoms with Gasteiger partial charge in [-0.25, -0.2) is 9.07 Å². The standard InChI is InChI=1S/C20H18FN5O2S/c1-12-7-8-15(14(21)9-12)22-17(27)10-16-18(28)23-19-24-20(25-26(16)19)29-11-13-5-3-2-4-6-13/h2-9,16H,10-11H2,1H3,(H,22,27)(H,23,24,25,28). The second-order valence-corrected chi connectivity index (χ2v) is 7.62. The summed E-state index contributed by atoms with van der Waals surface area (Å²) < 4.78 is 15.4. The lowest BCUT2D eigenvalue weighted by Crippen LogP contribution is -2.24. The average molecular weight is 411 g/mol. The normalized spacial score (nSPS) is 15.1. The van der Waals surface area contributed by atoms with E-state index in [0.717, 1.165) is 11.1 Å². The van der Waals surface area contributed by atoms with Gasteiger partial charge in [0, 0.05) is 5.75 Å². The fourth-order valence-electron chi connectivity index (χ4n) is 2.97. The lowest BCUT2D eigenvalue weighted by Gasteiger charge is -2.10. The quantitative estimate of drug-likeness (QED) is 0.606. The summed E-state index contributed by atoms with van der Waals surface area (Å²) in [4.78, 5) is 28.9. The maximum absolute atomic E-state index is 13.9. The molecule has 4 rings (SSSR count). The number of hydrogen-bond donors (Lipinski definition) is 2. The number of benzene rings is 2. The van der Waals surface area contributed by atoms with Gasteiger partial charge < -0.3 is 5.32 Å². The van der Waals surface area contributed by atoms with Gasteiger partial charge >= 0.3 is 0 Å². The minimum Gasteiger partial charge on any atom is -0.324 e. The van der Waals surface area contributed by atoms with Crippen LogP contribution < -0.4 is 10.6 Å². The highest BCUT2D eigenvalue weighted by atomic mass is 32.2. The Morgan fingerprint density at radius 3 is 2.83 bits per heavy atom. The molecule has 1 atom stereocenters. The van der Waals surface area contributed by atoms with Crippen LogP contribution in [0.3, 0.4) is 0 Å². The van der Waals surface area contributed by atoms with Crippen molar-refractivity contribution in [3.63, 3.8) is 0 Å². The van der Waals surface area contributed by atoms with E-state index in [4.69, 9.17) is 0 Å². The molecule has 2 aromatic carbocycles. The maximum atomic E-state index is 13.9. The molecule has 0 bridgehead atoms. The second-order valence-electron chi connectivity index (χ2n) is 6.68. The molecule has 1 aliphatic heterocycles. The number of nitrogens with zero attached hydrogens (tertiary/aromatic N) is 3. The van der Waals surface area contributed by atoms with E-state index in [2.05, 4.69) is 20.7 Å². The Morgan fingerprint density at radius 1 is 1.28 bits per heavy atom. The van der Waals surface area contributed by atoms with E-state index >= 15 is 0 Å². The first-order valence-electron chi connectivity index (χ1n) is 9.00. The van der Waals surface area contributed by atoms with E-state index in [1.54, 1.807) is 13.0 Å². The van der Waals surface area contributed by atoms with E-state index in [9.17, 15) is 14.0 Å².